The van der Waals surface area contributed by atoms with Crippen LogP contribution in [0, 0.1) is 0 Å². The molecule has 2 unspecified atom stereocenters. The smallest absolute Gasteiger partial charge is 0.430 e. The van der Waals surface area contributed by atoms with Crippen molar-refractivity contribution in [1.29, 1.82) is 0 Å². The molecule has 0 amide bonds. The van der Waals surface area contributed by atoms with Crippen molar-refractivity contribution < 1.29 is 28.5 Å². The van der Waals surface area contributed by atoms with Crippen LogP contribution in [0.2, 0.25) is 0 Å². The van der Waals surface area contributed by atoms with Gasteiger partial charge in [-0.15, -0.1) is 0 Å². The second-order valence-corrected chi connectivity index (χ2v) is 8.04. The maximum atomic E-state index is 11.1. The summed E-state index contributed by atoms with van der Waals surface area (Å²) in [5, 5.41) is 0. The Bertz CT molecular complexity index is 846. The van der Waals surface area contributed by atoms with E-state index in [2.05, 4.69) is 38.1 Å². The summed E-state index contributed by atoms with van der Waals surface area (Å²) in [6.07, 6.45) is -0.407. The normalized spacial score (nSPS) is 21.3. The summed E-state index contributed by atoms with van der Waals surface area (Å²) in [6.45, 7) is 4.96. The van der Waals surface area contributed by atoms with E-state index in [1.54, 1.807) is 0 Å². The van der Waals surface area contributed by atoms with Gasteiger partial charge in [-0.25, -0.2) is 9.59 Å². The summed E-state index contributed by atoms with van der Waals surface area (Å²) >= 11 is 0. The van der Waals surface area contributed by atoms with Crippen molar-refractivity contribution in [3.63, 3.8) is 0 Å². The van der Waals surface area contributed by atoms with E-state index in [4.69, 9.17) is 18.9 Å². The van der Waals surface area contributed by atoms with E-state index in [1.165, 1.54) is 11.1 Å². The van der Waals surface area contributed by atoms with Gasteiger partial charge in [-0.05, 0) is 22.3 Å². The van der Waals surface area contributed by atoms with E-state index in [0.29, 0.717) is 26.1 Å². The molecule has 2 aromatic carbocycles. The van der Waals surface area contributed by atoms with E-state index >= 15 is 0 Å². The zero-order chi connectivity index (χ0) is 20.4. The number of carbonyl (C=O) groups is 2. The molecule has 2 aliphatic heterocycles. The van der Waals surface area contributed by atoms with Gasteiger partial charge in [-0.3, -0.25) is 0 Å². The molecule has 2 aliphatic rings. The summed E-state index contributed by atoms with van der Waals surface area (Å²) in [7, 11) is 0. The predicted molar refractivity (Wildman–Crippen MR) is 105 cm³/mol. The fourth-order valence-corrected chi connectivity index (χ4v) is 3.80. The minimum absolute atomic E-state index is 0.224. The van der Waals surface area contributed by atoms with Gasteiger partial charge in [-0.1, -0.05) is 62.4 Å². The first kappa shape index (κ1) is 19.3. The van der Waals surface area contributed by atoms with Gasteiger partial charge in [0.25, 0.3) is 0 Å². The van der Waals surface area contributed by atoms with Crippen molar-refractivity contribution in [1.82, 2.24) is 0 Å². The van der Waals surface area contributed by atoms with Gasteiger partial charge in [0.05, 0.1) is 0 Å². The lowest BCUT2D eigenvalue weighted by Crippen LogP contribution is -2.21. The van der Waals surface area contributed by atoms with Crippen molar-refractivity contribution >= 4 is 12.3 Å². The number of hydrogen-bond donors (Lipinski definition) is 0. The largest absolute Gasteiger partial charge is 0.508 e. The van der Waals surface area contributed by atoms with Crippen molar-refractivity contribution in [2.75, 3.05) is 13.2 Å². The Balaban J connectivity index is 1.51. The Morgan fingerprint density at radius 2 is 1.24 bits per heavy atom. The minimum atomic E-state index is -0.596. The molecule has 6 nitrogen and oxygen atoms in total. The van der Waals surface area contributed by atoms with Crippen LogP contribution in [0.15, 0.2) is 48.5 Å². The number of ether oxygens (including phenoxy) is 4. The Labute approximate surface area is 169 Å². The third kappa shape index (κ3) is 4.36. The summed E-state index contributed by atoms with van der Waals surface area (Å²) in [5.74, 6) is 0. The summed E-state index contributed by atoms with van der Waals surface area (Å²) in [6, 6.07) is 16.7. The molecule has 0 bridgehead atoms. The highest BCUT2D eigenvalue weighted by molar-refractivity contribution is 5.62. The number of benzene rings is 2. The first-order valence-corrected chi connectivity index (χ1v) is 9.76. The zero-order valence-electron chi connectivity index (χ0n) is 16.6. The fraction of sp³-hybridized carbons (Fsp3) is 0.391. The van der Waals surface area contributed by atoms with Crippen molar-refractivity contribution in [2.45, 2.75) is 44.3 Å². The lowest BCUT2D eigenvalue weighted by molar-refractivity contribution is 0.117. The maximum absolute atomic E-state index is 11.1. The van der Waals surface area contributed by atoms with Crippen LogP contribution >= 0.6 is 0 Å². The molecule has 2 heterocycles. The van der Waals surface area contributed by atoms with Gasteiger partial charge < -0.3 is 18.9 Å². The van der Waals surface area contributed by atoms with E-state index < -0.39 is 12.3 Å². The number of rotatable bonds is 6. The zero-order valence-corrected chi connectivity index (χ0v) is 16.6. The van der Waals surface area contributed by atoms with Gasteiger partial charge in [0.2, 0.25) is 0 Å². The van der Waals surface area contributed by atoms with Crippen LogP contribution in [0.1, 0.15) is 36.1 Å². The predicted octanol–water partition coefficient (Wildman–Crippen LogP) is 4.17. The van der Waals surface area contributed by atoms with Gasteiger partial charge in [0.15, 0.2) is 0 Å². The van der Waals surface area contributed by atoms with Gasteiger partial charge in [0.1, 0.15) is 25.4 Å². The Morgan fingerprint density at radius 1 is 0.793 bits per heavy atom. The van der Waals surface area contributed by atoms with Crippen LogP contribution in [-0.2, 0) is 37.2 Å². The molecular formula is C23H24O6. The highest BCUT2D eigenvalue weighted by atomic mass is 16.8. The number of cyclic esters (lactones) is 4. The summed E-state index contributed by atoms with van der Waals surface area (Å²) < 4.78 is 20.1. The molecule has 2 aromatic rings. The highest BCUT2D eigenvalue weighted by Crippen LogP contribution is 2.33. The monoisotopic (exact) mass is 396 g/mol. The van der Waals surface area contributed by atoms with Crippen LogP contribution in [0.5, 0.6) is 0 Å². The molecule has 2 atom stereocenters. The van der Waals surface area contributed by atoms with Gasteiger partial charge in [0, 0.05) is 18.3 Å². The first-order valence-electron chi connectivity index (χ1n) is 9.76. The molecule has 152 valence electrons. The quantitative estimate of drug-likeness (QED) is 0.683. The maximum Gasteiger partial charge on any atom is 0.508 e. The molecule has 29 heavy (non-hydrogen) atoms. The van der Waals surface area contributed by atoms with Crippen molar-refractivity contribution in [2.24, 2.45) is 0 Å². The molecule has 0 aromatic heterocycles. The summed E-state index contributed by atoms with van der Waals surface area (Å²) in [5.41, 5.74) is 4.33. The molecule has 2 fully saturated rings. The standard InChI is InChI=1S/C23H24O6/c1-23(2,17-7-3-5-15(9-17)11-19-13-26-21(24)28-19)18-8-4-6-16(10-18)12-20-14-27-22(25)29-20/h3-10,19-20H,11-14H2,1-2H3. The second-order valence-electron chi connectivity index (χ2n) is 8.04. The molecule has 0 radical (unpaired) electrons. The van der Waals surface area contributed by atoms with Crippen LogP contribution in [0.25, 0.3) is 0 Å². The van der Waals surface area contributed by atoms with E-state index in [1.807, 2.05) is 24.3 Å². The van der Waals surface area contributed by atoms with Crippen molar-refractivity contribution in [3.8, 4) is 0 Å². The molecule has 0 saturated carbocycles. The third-order valence-corrected chi connectivity index (χ3v) is 5.52. The lowest BCUT2D eigenvalue weighted by Gasteiger charge is -2.27. The highest BCUT2D eigenvalue weighted by Gasteiger charge is 2.28. The minimum Gasteiger partial charge on any atom is -0.430 e. The Kier molecular flexibility index (Phi) is 5.18. The molecule has 2 saturated heterocycles. The van der Waals surface area contributed by atoms with Crippen LogP contribution in [0.3, 0.4) is 0 Å². The Hall–Kier alpha value is -3.02. The molecule has 0 N–H and O–H groups in total. The van der Waals surface area contributed by atoms with Crippen LogP contribution in [0.4, 0.5) is 9.59 Å². The van der Waals surface area contributed by atoms with Gasteiger partial charge in [-0.2, -0.15) is 0 Å². The first-order chi connectivity index (χ1) is 13.9. The SMILES string of the molecule is CC(C)(c1cccc(CC2COC(=O)O2)c1)c1cccc(CC2COC(=O)O2)c1. The molecule has 0 aliphatic carbocycles. The Morgan fingerprint density at radius 3 is 1.62 bits per heavy atom. The number of hydrogen-bond acceptors (Lipinski definition) is 6. The number of carbonyl (C=O) groups excluding carboxylic acids is 2. The van der Waals surface area contributed by atoms with E-state index in [0.717, 1.165) is 11.1 Å². The lowest BCUT2D eigenvalue weighted by atomic mass is 9.77. The molecular weight excluding hydrogens is 372 g/mol. The third-order valence-electron chi connectivity index (χ3n) is 5.52. The fourth-order valence-electron chi connectivity index (χ4n) is 3.80. The van der Waals surface area contributed by atoms with Gasteiger partial charge >= 0.3 is 12.3 Å². The molecule has 4 rings (SSSR count). The van der Waals surface area contributed by atoms with E-state index in [-0.39, 0.29) is 17.6 Å². The summed E-state index contributed by atoms with van der Waals surface area (Å²) in [4.78, 5) is 22.3. The van der Waals surface area contributed by atoms with E-state index in [9.17, 15) is 9.59 Å². The topological polar surface area (TPSA) is 71.1 Å². The van der Waals surface area contributed by atoms with Crippen LogP contribution in [-0.4, -0.2) is 37.7 Å². The van der Waals surface area contributed by atoms with Crippen molar-refractivity contribution in [3.05, 3.63) is 70.8 Å². The molecule has 6 heteroatoms. The second kappa shape index (κ2) is 7.78. The average molecular weight is 396 g/mol. The van der Waals surface area contributed by atoms with Crippen LogP contribution < -0.4 is 0 Å². The average Bonchev–Trinajstić information content (AvgIpc) is 3.30. The molecule has 0 spiro atoms.